The standard InChI is InChI=1S/C19H18FNO3/c20-16-9-7-14(8-10-16)17-13-19(23-17)11-4-12-21(19)24-18(22)15-5-2-1-3-6-15/h1-3,5-10,17H,4,11-13H2/t17-,19-/m1/s1. The predicted octanol–water partition coefficient (Wildman–Crippen LogP) is 3.85. The van der Waals surface area contributed by atoms with Crippen molar-refractivity contribution in [3.05, 3.63) is 71.5 Å². The number of nitrogens with zero attached hydrogens (tertiary/aromatic N) is 1. The van der Waals surface area contributed by atoms with Gasteiger partial charge in [0.25, 0.3) is 0 Å². The SMILES string of the molecule is O=C(ON1CCC[C@@]12C[C@H](c1ccc(F)cc1)O2)c1ccccc1. The molecule has 2 atom stereocenters. The van der Waals surface area contributed by atoms with Crippen molar-refractivity contribution in [2.75, 3.05) is 6.54 Å². The van der Waals surface area contributed by atoms with Gasteiger partial charge in [-0.25, -0.2) is 9.18 Å². The molecule has 2 fully saturated rings. The van der Waals surface area contributed by atoms with Crippen LogP contribution in [0.2, 0.25) is 0 Å². The zero-order chi connectivity index (χ0) is 16.6. The third kappa shape index (κ3) is 2.70. The number of hydroxylamine groups is 2. The lowest BCUT2D eigenvalue weighted by Crippen LogP contribution is -2.55. The quantitative estimate of drug-likeness (QED) is 0.858. The van der Waals surface area contributed by atoms with E-state index in [1.807, 2.05) is 6.07 Å². The van der Waals surface area contributed by atoms with Gasteiger partial charge in [-0.15, -0.1) is 5.06 Å². The van der Waals surface area contributed by atoms with Crippen molar-refractivity contribution >= 4 is 5.97 Å². The summed E-state index contributed by atoms with van der Waals surface area (Å²) in [6.07, 6.45) is 2.40. The molecule has 2 aliphatic heterocycles. The van der Waals surface area contributed by atoms with Crippen LogP contribution in [0.5, 0.6) is 0 Å². The van der Waals surface area contributed by atoms with Crippen LogP contribution in [-0.2, 0) is 9.57 Å². The Morgan fingerprint density at radius 1 is 1.17 bits per heavy atom. The molecule has 2 aromatic rings. The Morgan fingerprint density at radius 2 is 1.88 bits per heavy atom. The molecule has 5 heteroatoms. The molecular weight excluding hydrogens is 309 g/mol. The highest BCUT2D eigenvalue weighted by Gasteiger charge is 2.55. The van der Waals surface area contributed by atoms with Crippen LogP contribution in [0.25, 0.3) is 0 Å². The average molecular weight is 327 g/mol. The zero-order valence-electron chi connectivity index (χ0n) is 13.2. The minimum Gasteiger partial charge on any atom is -0.361 e. The highest BCUT2D eigenvalue weighted by Crippen LogP contribution is 2.50. The summed E-state index contributed by atoms with van der Waals surface area (Å²) in [4.78, 5) is 17.8. The van der Waals surface area contributed by atoms with Crippen LogP contribution in [0.1, 0.15) is 41.3 Å². The third-order valence-corrected chi connectivity index (χ3v) is 4.69. The summed E-state index contributed by atoms with van der Waals surface area (Å²) in [6, 6.07) is 15.3. The van der Waals surface area contributed by atoms with E-state index < -0.39 is 5.72 Å². The summed E-state index contributed by atoms with van der Waals surface area (Å²) in [6.45, 7) is 0.661. The molecular formula is C19H18FNO3. The summed E-state index contributed by atoms with van der Waals surface area (Å²) in [5.74, 6) is -0.627. The lowest BCUT2D eigenvalue weighted by Gasteiger charge is -2.49. The summed E-state index contributed by atoms with van der Waals surface area (Å²) >= 11 is 0. The molecule has 0 radical (unpaired) electrons. The Morgan fingerprint density at radius 3 is 2.58 bits per heavy atom. The molecule has 1 spiro atoms. The molecule has 4 nitrogen and oxygen atoms in total. The molecule has 0 unspecified atom stereocenters. The first-order chi connectivity index (χ1) is 11.7. The van der Waals surface area contributed by atoms with Crippen LogP contribution in [0.4, 0.5) is 4.39 Å². The number of carbonyl (C=O) groups excluding carboxylic acids is 1. The smallest absolute Gasteiger partial charge is 0.357 e. The number of ether oxygens (including phenoxy) is 1. The lowest BCUT2D eigenvalue weighted by molar-refractivity contribution is -0.344. The van der Waals surface area contributed by atoms with E-state index in [1.165, 1.54) is 12.1 Å². The van der Waals surface area contributed by atoms with Crippen LogP contribution in [0.15, 0.2) is 54.6 Å². The maximum absolute atomic E-state index is 13.0. The van der Waals surface area contributed by atoms with E-state index in [9.17, 15) is 9.18 Å². The Balaban J connectivity index is 1.43. The minimum atomic E-state index is -0.538. The van der Waals surface area contributed by atoms with E-state index in [4.69, 9.17) is 9.57 Å². The Bertz CT molecular complexity index is 726. The van der Waals surface area contributed by atoms with Crippen molar-refractivity contribution in [3.63, 3.8) is 0 Å². The average Bonchev–Trinajstić information content (AvgIpc) is 2.99. The largest absolute Gasteiger partial charge is 0.361 e. The second kappa shape index (κ2) is 6.00. The molecule has 24 heavy (non-hydrogen) atoms. The second-order valence-electron chi connectivity index (χ2n) is 6.26. The lowest BCUT2D eigenvalue weighted by atomic mass is 9.91. The van der Waals surface area contributed by atoms with E-state index >= 15 is 0 Å². The molecule has 0 aliphatic carbocycles. The molecule has 2 aliphatic rings. The molecule has 2 saturated heterocycles. The summed E-state index contributed by atoms with van der Waals surface area (Å²) in [5.41, 5.74) is 0.931. The van der Waals surface area contributed by atoms with Gasteiger partial charge < -0.3 is 9.57 Å². The van der Waals surface area contributed by atoms with E-state index in [1.54, 1.807) is 41.5 Å². The molecule has 2 aromatic carbocycles. The number of halogens is 1. The van der Waals surface area contributed by atoms with Gasteiger partial charge in [0.15, 0.2) is 5.72 Å². The van der Waals surface area contributed by atoms with Crippen molar-refractivity contribution in [3.8, 4) is 0 Å². The number of hydrogen-bond donors (Lipinski definition) is 0. The molecule has 0 aromatic heterocycles. The fourth-order valence-corrected chi connectivity index (χ4v) is 3.41. The second-order valence-corrected chi connectivity index (χ2v) is 6.26. The van der Waals surface area contributed by atoms with Crippen LogP contribution in [0, 0.1) is 5.82 Å². The van der Waals surface area contributed by atoms with E-state index in [2.05, 4.69) is 0 Å². The highest BCUT2D eigenvalue weighted by atomic mass is 19.1. The van der Waals surface area contributed by atoms with Gasteiger partial charge in [-0.1, -0.05) is 30.3 Å². The van der Waals surface area contributed by atoms with Gasteiger partial charge in [-0.3, -0.25) is 0 Å². The first-order valence-corrected chi connectivity index (χ1v) is 8.15. The molecule has 124 valence electrons. The fraction of sp³-hybridized carbons (Fsp3) is 0.316. The van der Waals surface area contributed by atoms with Crippen LogP contribution in [0.3, 0.4) is 0 Å². The summed E-state index contributed by atoms with van der Waals surface area (Å²) in [7, 11) is 0. The summed E-state index contributed by atoms with van der Waals surface area (Å²) < 4.78 is 19.1. The van der Waals surface area contributed by atoms with Crippen molar-refractivity contribution in [2.45, 2.75) is 31.1 Å². The molecule has 0 amide bonds. The Kier molecular flexibility index (Phi) is 3.82. The van der Waals surface area contributed by atoms with Crippen molar-refractivity contribution in [1.29, 1.82) is 0 Å². The Hall–Kier alpha value is -2.24. The first kappa shape index (κ1) is 15.3. The van der Waals surface area contributed by atoms with Gasteiger partial charge in [-0.05, 0) is 42.7 Å². The maximum atomic E-state index is 13.0. The topological polar surface area (TPSA) is 38.8 Å². The zero-order valence-corrected chi connectivity index (χ0v) is 13.2. The number of benzene rings is 2. The normalized spacial score (nSPS) is 26.3. The van der Waals surface area contributed by atoms with E-state index in [0.717, 1.165) is 24.8 Å². The maximum Gasteiger partial charge on any atom is 0.357 e. The Labute approximate surface area is 139 Å². The first-order valence-electron chi connectivity index (χ1n) is 8.15. The van der Waals surface area contributed by atoms with Gasteiger partial charge in [0.2, 0.25) is 0 Å². The van der Waals surface area contributed by atoms with Crippen LogP contribution >= 0.6 is 0 Å². The van der Waals surface area contributed by atoms with Crippen LogP contribution in [-0.4, -0.2) is 23.3 Å². The van der Waals surface area contributed by atoms with Crippen molar-refractivity contribution < 1.29 is 18.8 Å². The van der Waals surface area contributed by atoms with Crippen molar-refractivity contribution in [1.82, 2.24) is 5.06 Å². The van der Waals surface area contributed by atoms with Gasteiger partial charge in [0, 0.05) is 13.0 Å². The highest BCUT2D eigenvalue weighted by molar-refractivity contribution is 5.89. The number of carbonyl (C=O) groups is 1. The van der Waals surface area contributed by atoms with E-state index in [0.29, 0.717) is 12.1 Å². The number of rotatable bonds is 3. The minimum absolute atomic E-state index is 0.0818. The number of hydrogen-bond acceptors (Lipinski definition) is 4. The molecule has 0 N–H and O–H groups in total. The summed E-state index contributed by atoms with van der Waals surface area (Å²) in [5, 5.41) is 1.67. The van der Waals surface area contributed by atoms with Crippen LogP contribution < -0.4 is 0 Å². The predicted molar refractivity (Wildman–Crippen MR) is 85.4 cm³/mol. The van der Waals surface area contributed by atoms with E-state index in [-0.39, 0.29) is 17.9 Å². The monoisotopic (exact) mass is 327 g/mol. The third-order valence-electron chi connectivity index (χ3n) is 4.69. The van der Waals surface area contributed by atoms with Gasteiger partial charge in [0.1, 0.15) is 5.82 Å². The fourth-order valence-electron chi connectivity index (χ4n) is 3.41. The van der Waals surface area contributed by atoms with Gasteiger partial charge in [-0.2, -0.15) is 0 Å². The molecule has 2 heterocycles. The van der Waals surface area contributed by atoms with Gasteiger partial charge >= 0.3 is 5.97 Å². The molecule has 4 rings (SSSR count). The van der Waals surface area contributed by atoms with Gasteiger partial charge in [0.05, 0.1) is 11.7 Å². The molecule has 0 bridgehead atoms. The van der Waals surface area contributed by atoms with Crippen molar-refractivity contribution in [2.24, 2.45) is 0 Å². The molecule has 0 saturated carbocycles.